The van der Waals surface area contributed by atoms with Gasteiger partial charge in [-0.3, -0.25) is 5.41 Å². The van der Waals surface area contributed by atoms with Crippen molar-refractivity contribution in [2.24, 2.45) is 11.1 Å². The molecule has 0 aromatic carbocycles. The van der Waals surface area contributed by atoms with Crippen molar-refractivity contribution in [1.29, 1.82) is 5.41 Å². The lowest BCUT2D eigenvalue weighted by molar-refractivity contribution is 0.238. The van der Waals surface area contributed by atoms with Gasteiger partial charge in [-0.25, -0.2) is 0 Å². The highest BCUT2D eigenvalue weighted by Gasteiger charge is 2.36. The lowest BCUT2D eigenvalue weighted by atomic mass is 9.80. The molecule has 0 spiro atoms. The highest BCUT2D eigenvalue weighted by molar-refractivity contribution is 7.87. The van der Waals surface area contributed by atoms with Gasteiger partial charge >= 0.3 is 0 Å². The van der Waals surface area contributed by atoms with E-state index in [1.165, 1.54) is 4.31 Å². The van der Waals surface area contributed by atoms with Gasteiger partial charge in [0.05, 0.1) is 5.84 Å². The van der Waals surface area contributed by atoms with Crippen LogP contribution in [0, 0.1) is 10.8 Å². The van der Waals surface area contributed by atoms with Crippen LogP contribution in [0.2, 0.25) is 0 Å². The fourth-order valence-corrected chi connectivity index (χ4v) is 3.27. The second-order valence-corrected chi connectivity index (χ2v) is 6.85. The van der Waals surface area contributed by atoms with E-state index < -0.39 is 10.2 Å². The van der Waals surface area contributed by atoms with Crippen molar-refractivity contribution in [3.8, 4) is 0 Å². The minimum atomic E-state index is -3.39. The van der Waals surface area contributed by atoms with E-state index in [1.54, 1.807) is 13.8 Å². The summed E-state index contributed by atoms with van der Waals surface area (Å²) in [4.78, 5) is 0. The quantitative estimate of drug-likeness (QED) is 0.501. The van der Waals surface area contributed by atoms with Crippen LogP contribution in [-0.2, 0) is 10.2 Å². The topological polar surface area (TPSA) is 99.3 Å². The molecule has 0 amide bonds. The van der Waals surface area contributed by atoms with Crippen LogP contribution in [0.5, 0.6) is 0 Å². The molecule has 7 heteroatoms. The number of piperidine rings is 1. The van der Waals surface area contributed by atoms with Gasteiger partial charge in [0.25, 0.3) is 10.2 Å². The number of hydrogen-bond acceptors (Lipinski definition) is 3. The molecule has 4 N–H and O–H groups in total. The van der Waals surface area contributed by atoms with E-state index in [0.29, 0.717) is 25.9 Å². The predicted molar refractivity (Wildman–Crippen MR) is 68.0 cm³/mol. The van der Waals surface area contributed by atoms with Crippen LogP contribution >= 0.6 is 0 Å². The van der Waals surface area contributed by atoms with E-state index in [0.717, 1.165) is 0 Å². The Hall–Kier alpha value is -0.660. The SMILES string of the molecule is CC(C)NS(=O)(=O)N1CCC(C)(C(=N)N)CC1. The summed E-state index contributed by atoms with van der Waals surface area (Å²) in [6.07, 6.45) is 1.20. The number of nitrogens with one attached hydrogen (secondary N) is 2. The average molecular weight is 262 g/mol. The van der Waals surface area contributed by atoms with E-state index in [9.17, 15) is 8.42 Å². The van der Waals surface area contributed by atoms with Crippen LogP contribution in [0.25, 0.3) is 0 Å². The summed E-state index contributed by atoms with van der Waals surface area (Å²) in [6, 6.07) is -0.110. The minimum absolute atomic E-state index is 0.110. The Morgan fingerprint density at radius 2 is 1.88 bits per heavy atom. The fourth-order valence-electron chi connectivity index (χ4n) is 1.86. The first-order valence-corrected chi connectivity index (χ1v) is 7.23. The normalized spacial score (nSPS) is 21.6. The highest BCUT2D eigenvalue weighted by Crippen LogP contribution is 2.31. The molecule has 1 saturated heterocycles. The van der Waals surface area contributed by atoms with Crippen molar-refractivity contribution >= 4 is 16.0 Å². The van der Waals surface area contributed by atoms with Gasteiger partial charge in [-0.2, -0.15) is 17.4 Å². The average Bonchev–Trinajstić information content (AvgIpc) is 2.16. The molecule has 0 bridgehead atoms. The molecule has 6 nitrogen and oxygen atoms in total. The molecule has 0 saturated carbocycles. The number of hydrogen-bond donors (Lipinski definition) is 3. The first kappa shape index (κ1) is 14.4. The van der Waals surface area contributed by atoms with Gasteiger partial charge in [0.1, 0.15) is 0 Å². The molecule has 0 aliphatic carbocycles. The third-order valence-corrected chi connectivity index (χ3v) is 5.01. The summed E-state index contributed by atoms with van der Waals surface area (Å²) in [7, 11) is -3.39. The Morgan fingerprint density at radius 1 is 1.41 bits per heavy atom. The van der Waals surface area contributed by atoms with Crippen LogP contribution in [0.15, 0.2) is 0 Å². The lowest BCUT2D eigenvalue weighted by Gasteiger charge is -2.37. The maximum atomic E-state index is 11.9. The maximum Gasteiger partial charge on any atom is 0.279 e. The third kappa shape index (κ3) is 3.40. The summed E-state index contributed by atoms with van der Waals surface area (Å²) in [6.45, 7) is 6.33. The first-order valence-electron chi connectivity index (χ1n) is 5.79. The molecule has 0 unspecified atom stereocenters. The zero-order chi connectivity index (χ0) is 13.3. The molecule has 1 rings (SSSR count). The van der Waals surface area contributed by atoms with Gasteiger partial charge in [0.15, 0.2) is 0 Å². The molecule has 17 heavy (non-hydrogen) atoms. The van der Waals surface area contributed by atoms with Crippen LogP contribution in [-0.4, -0.2) is 37.7 Å². The van der Waals surface area contributed by atoms with Gasteiger partial charge in [-0.15, -0.1) is 0 Å². The van der Waals surface area contributed by atoms with Gasteiger partial charge in [0.2, 0.25) is 0 Å². The zero-order valence-electron chi connectivity index (χ0n) is 10.7. The summed E-state index contributed by atoms with van der Waals surface area (Å²) in [5.41, 5.74) is 5.18. The molecule has 0 aromatic heterocycles. The van der Waals surface area contributed by atoms with E-state index in [4.69, 9.17) is 11.1 Å². The maximum absolute atomic E-state index is 11.9. The van der Waals surface area contributed by atoms with Crippen LogP contribution in [0.4, 0.5) is 0 Å². The van der Waals surface area contributed by atoms with Gasteiger partial charge in [-0.1, -0.05) is 6.92 Å². The van der Waals surface area contributed by atoms with Crippen LogP contribution in [0.1, 0.15) is 33.6 Å². The Kier molecular flexibility index (Phi) is 4.16. The van der Waals surface area contributed by atoms with E-state index in [2.05, 4.69) is 4.72 Å². The van der Waals surface area contributed by atoms with E-state index >= 15 is 0 Å². The molecular weight excluding hydrogens is 240 g/mol. The largest absolute Gasteiger partial charge is 0.387 e. The summed E-state index contributed by atoms with van der Waals surface area (Å²) >= 11 is 0. The lowest BCUT2D eigenvalue weighted by Crippen LogP contribution is -2.51. The van der Waals surface area contributed by atoms with E-state index in [1.807, 2.05) is 6.92 Å². The Balaban J connectivity index is 2.67. The Labute approximate surface area is 103 Å². The van der Waals surface area contributed by atoms with Crippen molar-refractivity contribution in [1.82, 2.24) is 9.03 Å². The number of nitrogens with zero attached hydrogens (tertiary/aromatic N) is 1. The molecule has 1 aliphatic heterocycles. The molecule has 0 atom stereocenters. The summed E-state index contributed by atoms with van der Waals surface area (Å²) in [5.74, 6) is 0.145. The van der Waals surface area contributed by atoms with Crippen LogP contribution < -0.4 is 10.5 Å². The smallest absolute Gasteiger partial charge is 0.279 e. The standard InChI is InChI=1S/C10H22N4O2S/c1-8(2)13-17(15,16)14-6-4-10(3,5-7-14)9(11)12/h8,13H,4-7H2,1-3H3,(H3,11,12). The molecular formula is C10H22N4O2S. The minimum Gasteiger partial charge on any atom is -0.387 e. The molecule has 0 radical (unpaired) electrons. The van der Waals surface area contributed by atoms with Crippen molar-refractivity contribution in [2.75, 3.05) is 13.1 Å². The van der Waals surface area contributed by atoms with Gasteiger partial charge in [-0.05, 0) is 26.7 Å². The molecule has 1 aliphatic rings. The summed E-state index contributed by atoms with van der Waals surface area (Å²) in [5, 5.41) is 7.51. The van der Waals surface area contributed by atoms with Crippen molar-refractivity contribution < 1.29 is 8.42 Å². The number of nitrogens with two attached hydrogens (primary N) is 1. The molecule has 1 fully saturated rings. The Bertz CT molecular complexity index is 383. The van der Waals surface area contributed by atoms with E-state index in [-0.39, 0.29) is 17.3 Å². The van der Waals surface area contributed by atoms with Crippen LogP contribution in [0.3, 0.4) is 0 Å². The second-order valence-electron chi connectivity index (χ2n) is 5.15. The predicted octanol–water partition coefficient (Wildman–Crippen LogP) is 0.267. The number of rotatable bonds is 4. The van der Waals surface area contributed by atoms with Crippen molar-refractivity contribution in [2.45, 2.75) is 39.7 Å². The second kappa shape index (κ2) is 4.91. The van der Waals surface area contributed by atoms with Gasteiger partial charge in [0, 0.05) is 24.5 Å². The monoisotopic (exact) mass is 262 g/mol. The van der Waals surface area contributed by atoms with Crippen molar-refractivity contribution in [3.05, 3.63) is 0 Å². The third-order valence-electron chi connectivity index (χ3n) is 3.20. The molecule has 0 aromatic rings. The summed E-state index contributed by atoms with van der Waals surface area (Å²) < 4.78 is 27.8. The number of amidine groups is 1. The highest BCUT2D eigenvalue weighted by atomic mass is 32.2. The molecule has 100 valence electrons. The van der Waals surface area contributed by atoms with Gasteiger partial charge < -0.3 is 5.73 Å². The van der Waals surface area contributed by atoms with Crippen molar-refractivity contribution in [3.63, 3.8) is 0 Å². The Morgan fingerprint density at radius 3 is 2.24 bits per heavy atom. The zero-order valence-corrected chi connectivity index (χ0v) is 11.5. The first-order chi connectivity index (χ1) is 7.67. The molecule has 1 heterocycles. The fraction of sp³-hybridized carbons (Fsp3) is 0.900.